The van der Waals surface area contributed by atoms with E-state index in [2.05, 4.69) is 15.3 Å². The van der Waals surface area contributed by atoms with Crippen LogP contribution in [0.2, 0.25) is 0 Å². The Morgan fingerprint density at radius 3 is 2.67 bits per heavy atom. The molecule has 0 fully saturated rings. The summed E-state index contributed by atoms with van der Waals surface area (Å²) in [5.74, 6) is -3.33. The number of nitrogens with zero attached hydrogens (tertiary/aromatic N) is 1. The Balaban J connectivity index is 1.76. The second-order valence-electron chi connectivity index (χ2n) is 4.79. The van der Waals surface area contributed by atoms with E-state index in [-0.39, 0.29) is 16.4 Å². The molecule has 0 aliphatic heterocycles. The van der Waals surface area contributed by atoms with E-state index in [1.165, 1.54) is 6.07 Å². The lowest BCUT2D eigenvalue weighted by Gasteiger charge is -2.02. The summed E-state index contributed by atoms with van der Waals surface area (Å²) in [4.78, 5) is 30.0. The van der Waals surface area contributed by atoms with Crippen molar-refractivity contribution >= 4 is 28.3 Å². The van der Waals surface area contributed by atoms with E-state index in [1.807, 2.05) is 0 Å². The first kappa shape index (κ1) is 15.8. The van der Waals surface area contributed by atoms with Crippen LogP contribution in [0, 0.1) is 11.6 Å². The number of thiazole rings is 1. The van der Waals surface area contributed by atoms with Crippen molar-refractivity contribution in [3.05, 3.63) is 58.7 Å². The minimum absolute atomic E-state index is 0.0247. The lowest BCUT2D eigenvalue weighted by atomic mass is 10.2. The average molecular weight is 348 g/mol. The number of carbonyl (C=O) groups excluding carboxylic acids is 2. The van der Waals surface area contributed by atoms with Crippen molar-refractivity contribution < 1.29 is 18.4 Å². The second-order valence-corrected chi connectivity index (χ2v) is 5.65. The Bertz CT molecular complexity index is 935. The van der Waals surface area contributed by atoms with Crippen LogP contribution >= 0.6 is 11.3 Å². The molecule has 122 valence electrons. The number of carbonyl (C=O) groups is 2. The third kappa shape index (κ3) is 3.15. The van der Waals surface area contributed by atoms with Gasteiger partial charge >= 0.3 is 0 Å². The summed E-state index contributed by atoms with van der Waals surface area (Å²) in [6, 6.07) is 4.40. The molecule has 2 aromatic heterocycles. The number of aromatic amines is 1. The molecule has 0 saturated heterocycles. The first-order valence-electron chi connectivity index (χ1n) is 6.64. The number of nitrogens with one attached hydrogen (secondary N) is 2. The minimum atomic E-state index is -1.10. The molecule has 24 heavy (non-hydrogen) atoms. The van der Waals surface area contributed by atoms with Crippen LogP contribution in [-0.2, 0) is 0 Å². The van der Waals surface area contributed by atoms with Gasteiger partial charge in [-0.1, -0.05) is 0 Å². The fourth-order valence-electron chi connectivity index (χ4n) is 1.95. The maximum absolute atomic E-state index is 13.2. The average Bonchev–Trinajstić information content (AvgIpc) is 3.18. The predicted molar refractivity (Wildman–Crippen MR) is 84.7 cm³/mol. The Hall–Kier alpha value is -3.07. The van der Waals surface area contributed by atoms with Gasteiger partial charge in [0.25, 0.3) is 11.8 Å². The van der Waals surface area contributed by atoms with Crippen LogP contribution in [0.25, 0.3) is 11.3 Å². The molecule has 9 heteroatoms. The van der Waals surface area contributed by atoms with Gasteiger partial charge in [-0.3, -0.25) is 14.9 Å². The molecule has 0 aliphatic rings. The molecular formula is C15H10F2N4O2S. The summed E-state index contributed by atoms with van der Waals surface area (Å²) in [6.07, 6.45) is 1.57. The Kier molecular flexibility index (Phi) is 4.09. The number of hydrogen-bond donors (Lipinski definition) is 3. The van der Waals surface area contributed by atoms with E-state index in [0.717, 1.165) is 23.5 Å². The number of anilines is 1. The highest BCUT2D eigenvalue weighted by Gasteiger charge is 2.13. The molecule has 3 aromatic rings. The largest absolute Gasteiger partial charge is 0.364 e. The summed E-state index contributed by atoms with van der Waals surface area (Å²) in [5.41, 5.74) is 6.54. The van der Waals surface area contributed by atoms with Crippen LogP contribution in [0.1, 0.15) is 20.8 Å². The molecule has 3 rings (SSSR count). The van der Waals surface area contributed by atoms with Gasteiger partial charge in [0, 0.05) is 22.7 Å². The molecule has 0 bridgehead atoms. The standard InChI is InChI=1S/C15H10F2N4O2S/c16-9-2-1-7(3-10(9)17)14(23)21-15-20-12(6-24-15)8-4-11(13(18)22)19-5-8/h1-6,19H,(H2,18,22)(H,20,21,23). The number of halogens is 2. The number of amides is 2. The molecule has 0 atom stereocenters. The second kappa shape index (κ2) is 6.20. The molecule has 4 N–H and O–H groups in total. The SMILES string of the molecule is NC(=O)c1cc(-c2csc(NC(=O)c3ccc(F)c(F)c3)n2)c[nH]1. The Morgan fingerprint density at radius 1 is 1.21 bits per heavy atom. The maximum Gasteiger partial charge on any atom is 0.265 e. The van der Waals surface area contributed by atoms with E-state index < -0.39 is 23.4 Å². The van der Waals surface area contributed by atoms with Crippen LogP contribution in [0.15, 0.2) is 35.8 Å². The lowest BCUT2D eigenvalue weighted by molar-refractivity contribution is 0.0994. The van der Waals surface area contributed by atoms with Gasteiger partial charge in [-0.2, -0.15) is 0 Å². The molecular weight excluding hydrogens is 338 g/mol. The van der Waals surface area contributed by atoms with Crippen LogP contribution in [0.4, 0.5) is 13.9 Å². The van der Waals surface area contributed by atoms with E-state index in [1.54, 1.807) is 17.6 Å². The topological polar surface area (TPSA) is 101 Å². The number of rotatable bonds is 4. The first-order valence-corrected chi connectivity index (χ1v) is 7.52. The molecule has 1 aromatic carbocycles. The van der Waals surface area contributed by atoms with Crippen LogP contribution in [0.5, 0.6) is 0 Å². The smallest absolute Gasteiger partial charge is 0.265 e. The van der Waals surface area contributed by atoms with Gasteiger partial charge < -0.3 is 10.7 Å². The van der Waals surface area contributed by atoms with Crippen molar-refractivity contribution in [1.29, 1.82) is 0 Å². The molecule has 2 amide bonds. The van der Waals surface area contributed by atoms with E-state index in [9.17, 15) is 18.4 Å². The normalized spacial score (nSPS) is 10.6. The number of H-pyrrole nitrogens is 1. The van der Waals surface area contributed by atoms with Gasteiger partial charge in [-0.05, 0) is 24.3 Å². The van der Waals surface area contributed by atoms with Crippen molar-refractivity contribution in [1.82, 2.24) is 9.97 Å². The van der Waals surface area contributed by atoms with Gasteiger partial charge in [-0.15, -0.1) is 11.3 Å². The maximum atomic E-state index is 13.2. The van der Waals surface area contributed by atoms with Crippen molar-refractivity contribution in [3.8, 4) is 11.3 Å². The minimum Gasteiger partial charge on any atom is -0.364 e. The van der Waals surface area contributed by atoms with Gasteiger partial charge in [0.15, 0.2) is 16.8 Å². The third-order valence-electron chi connectivity index (χ3n) is 3.15. The molecule has 2 heterocycles. The number of benzene rings is 1. The lowest BCUT2D eigenvalue weighted by Crippen LogP contribution is -2.12. The molecule has 6 nitrogen and oxygen atoms in total. The van der Waals surface area contributed by atoms with Gasteiger partial charge in [0.05, 0.1) is 5.69 Å². The zero-order chi connectivity index (χ0) is 17.3. The first-order chi connectivity index (χ1) is 11.4. The van der Waals surface area contributed by atoms with Crippen molar-refractivity contribution in [2.45, 2.75) is 0 Å². The Labute approximate surface area is 138 Å². The zero-order valence-electron chi connectivity index (χ0n) is 12.0. The van der Waals surface area contributed by atoms with Crippen molar-refractivity contribution in [3.63, 3.8) is 0 Å². The highest BCUT2D eigenvalue weighted by Crippen LogP contribution is 2.26. The number of primary amides is 1. The predicted octanol–water partition coefficient (Wildman–Crippen LogP) is 2.77. The highest BCUT2D eigenvalue weighted by molar-refractivity contribution is 7.14. The summed E-state index contributed by atoms with van der Waals surface area (Å²) in [7, 11) is 0. The van der Waals surface area contributed by atoms with Crippen molar-refractivity contribution in [2.24, 2.45) is 5.73 Å². The number of aromatic nitrogens is 2. The number of hydrogen-bond acceptors (Lipinski definition) is 4. The van der Waals surface area contributed by atoms with E-state index >= 15 is 0 Å². The Morgan fingerprint density at radius 2 is 2.00 bits per heavy atom. The molecule has 0 aliphatic carbocycles. The molecule has 0 radical (unpaired) electrons. The quantitative estimate of drug-likeness (QED) is 0.676. The summed E-state index contributed by atoms with van der Waals surface area (Å²) >= 11 is 1.15. The zero-order valence-corrected chi connectivity index (χ0v) is 12.8. The van der Waals surface area contributed by atoms with Gasteiger partial charge in [-0.25, -0.2) is 13.8 Å². The monoisotopic (exact) mass is 348 g/mol. The van der Waals surface area contributed by atoms with Crippen LogP contribution in [-0.4, -0.2) is 21.8 Å². The van der Waals surface area contributed by atoms with Gasteiger partial charge in [0.2, 0.25) is 0 Å². The van der Waals surface area contributed by atoms with E-state index in [0.29, 0.717) is 11.3 Å². The summed E-state index contributed by atoms with van der Waals surface area (Å²) in [6.45, 7) is 0. The summed E-state index contributed by atoms with van der Waals surface area (Å²) in [5, 5.41) is 4.46. The van der Waals surface area contributed by atoms with Crippen LogP contribution < -0.4 is 11.1 Å². The van der Waals surface area contributed by atoms with Gasteiger partial charge in [0.1, 0.15) is 5.69 Å². The number of nitrogens with two attached hydrogens (primary N) is 1. The highest BCUT2D eigenvalue weighted by atomic mass is 32.1. The third-order valence-corrected chi connectivity index (χ3v) is 3.91. The molecule has 0 saturated carbocycles. The fraction of sp³-hybridized carbons (Fsp3) is 0. The summed E-state index contributed by atoms with van der Waals surface area (Å²) < 4.78 is 26.0. The van der Waals surface area contributed by atoms with E-state index in [4.69, 9.17) is 5.73 Å². The molecule has 0 spiro atoms. The van der Waals surface area contributed by atoms with Crippen molar-refractivity contribution in [2.75, 3.05) is 5.32 Å². The fourth-order valence-corrected chi connectivity index (χ4v) is 2.67. The molecule has 0 unspecified atom stereocenters. The van der Waals surface area contributed by atoms with Crippen LogP contribution in [0.3, 0.4) is 0 Å².